The molecule has 0 spiro atoms. The van der Waals surface area contributed by atoms with Gasteiger partial charge in [0.15, 0.2) is 0 Å². The van der Waals surface area contributed by atoms with Gasteiger partial charge in [-0.05, 0) is 42.4 Å². The van der Waals surface area contributed by atoms with Crippen LogP contribution in [0, 0.1) is 0 Å². The molecule has 1 N–H and O–H groups in total. The Morgan fingerprint density at radius 2 is 1.78 bits per heavy atom. The van der Waals surface area contributed by atoms with Gasteiger partial charge in [0.05, 0.1) is 10.4 Å². The van der Waals surface area contributed by atoms with Gasteiger partial charge in [0.2, 0.25) is 0 Å². The minimum absolute atomic E-state index is 0.122. The van der Waals surface area contributed by atoms with Gasteiger partial charge in [0.1, 0.15) is 6.10 Å². The lowest BCUT2D eigenvalue weighted by atomic mass is 10.1. The number of aromatic nitrogens is 1. The largest absolute Gasteiger partial charge is 0.478 e. The highest BCUT2D eigenvalue weighted by Gasteiger charge is 2.21. The molecule has 6 nitrogen and oxygen atoms in total. The first kappa shape index (κ1) is 23.6. The molecular weight excluding hydrogens is 424 g/mol. The lowest BCUT2D eigenvalue weighted by Gasteiger charge is -2.31. The van der Waals surface area contributed by atoms with Gasteiger partial charge in [-0.25, -0.2) is 9.59 Å². The summed E-state index contributed by atoms with van der Waals surface area (Å²) in [6.07, 6.45) is 4.22. The minimum atomic E-state index is -1.15. The Labute approximate surface area is 192 Å². The van der Waals surface area contributed by atoms with Gasteiger partial charge in [0.25, 0.3) is 0 Å². The van der Waals surface area contributed by atoms with Crippen LogP contribution in [0.4, 0.5) is 0 Å². The SMILES string of the molecule is CCc1nsc2ccccc12.O=C(O)/C=C\C(=O)OC1CCN(Cc2ccccc2)CC1. The average molecular weight is 453 g/mol. The summed E-state index contributed by atoms with van der Waals surface area (Å²) in [5.41, 5.74) is 2.50. The first-order valence-electron chi connectivity index (χ1n) is 10.8. The third-order valence-electron chi connectivity index (χ3n) is 5.22. The number of hydrogen-bond acceptors (Lipinski definition) is 6. The Balaban J connectivity index is 0.000000219. The van der Waals surface area contributed by atoms with Crippen LogP contribution in [0.1, 0.15) is 31.0 Å². The summed E-state index contributed by atoms with van der Waals surface area (Å²) in [6.45, 7) is 4.78. The summed E-state index contributed by atoms with van der Waals surface area (Å²) in [7, 11) is 0. The summed E-state index contributed by atoms with van der Waals surface area (Å²) >= 11 is 1.59. The van der Waals surface area contributed by atoms with E-state index in [0.717, 1.165) is 51.0 Å². The minimum Gasteiger partial charge on any atom is -0.478 e. The van der Waals surface area contributed by atoms with Crippen LogP contribution in [-0.2, 0) is 27.3 Å². The van der Waals surface area contributed by atoms with Crippen molar-refractivity contribution in [2.45, 2.75) is 38.8 Å². The molecular formula is C25H28N2O4S. The quantitative estimate of drug-likeness (QED) is 0.432. The van der Waals surface area contributed by atoms with Crippen LogP contribution in [0.2, 0.25) is 0 Å². The van der Waals surface area contributed by atoms with Crippen molar-refractivity contribution < 1.29 is 19.4 Å². The molecule has 0 saturated carbocycles. The molecule has 0 bridgehead atoms. The zero-order chi connectivity index (χ0) is 22.8. The smallest absolute Gasteiger partial charge is 0.331 e. The van der Waals surface area contributed by atoms with Crippen molar-refractivity contribution in [3.63, 3.8) is 0 Å². The predicted molar refractivity (Wildman–Crippen MR) is 127 cm³/mol. The van der Waals surface area contributed by atoms with E-state index in [0.29, 0.717) is 0 Å². The Morgan fingerprint density at radius 3 is 2.47 bits per heavy atom. The fraction of sp³-hybridized carbons (Fsp3) is 0.320. The number of aliphatic carboxylic acids is 1. The fourth-order valence-corrected chi connectivity index (χ4v) is 4.42. The highest BCUT2D eigenvalue weighted by molar-refractivity contribution is 7.13. The van der Waals surface area contributed by atoms with Crippen LogP contribution in [0.5, 0.6) is 0 Å². The number of carboxylic acids is 1. The van der Waals surface area contributed by atoms with E-state index in [2.05, 4.69) is 52.6 Å². The van der Waals surface area contributed by atoms with E-state index in [-0.39, 0.29) is 6.10 Å². The van der Waals surface area contributed by atoms with Crippen LogP contribution in [-0.4, -0.2) is 45.5 Å². The Bertz CT molecular complexity index is 1040. The highest BCUT2D eigenvalue weighted by atomic mass is 32.1. The molecule has 2 aromatic carbocycles. The summed E-state index contributed by atoms with van der Waals surface area (Å²) < 4.78 is 10.9. The molecule has 1 aromatic heterocycles. The predicted octanol–water partition coefficient (Wildman–Crippen LogP) is 4.69. The van der Waals surface area contributed by atoms with E-state index in [1.807, 2.05) is 18.2 Å². The first-order chi connectivity index (χ1) is 15.5. The highest BCUT2D eigenvalue weighted by Crippen LogP contribution is 2.22. The summed E-state index contributed by atoms with van der Waals surface area (Å²) in [5.74, 6) is -1.73. The second kappa shape index (κ2) is 12.1. The van der Waals surface area contributed by atoms with Crippen LogP contribution in [0.3, 0.4) is 0 Å². The maximum atomic E-state index is 11.4. The molecule has 1 aliphatic rings. The van der Waals surface area contributed by atoms with Crippen molar-refractivity contribution in [2.75, 3.05) is 13.1 Å². The van der Waals surface area contributed by atoms with Crippen LogP contribution in [0.25, 0.3) is 10.1 Å². The molecule has 4 rings (SSSR count). The van der Waals surface area contributed by atoms with Gasteiger partial charge in [-0.3, -0.25) is 4.90 Å². The Kier molecular flexibility index (Phi) is 8.95. The molecule has 0 aliphatic carbocycles. The summed E-state index contributed by atoms with van der Waals surface area (Å²) in [5, 5.41) is 9.76. The van der Waals surface area contributed by atoms with Gasteiger partial charge >= 0.3 is 11.9 Å². The monoisotopic (exact) mass is 452 g/mol. The molecule has 3 aromatic rings. The molecule has 1 aliphatic heterocycles. The summed E-state index contributed by atoms with van der Waals surface area (Å²) in [4.78, 5) is 24.0. The number of esters is 1. The number of likely N-dealkylation sites (tertiary alicyclic amines) is 1. The summed E-state index contributed by atoms with van der Waals surface area (Å²) in [6, 6.07) is 18.6. The van der Waals surface area contributed by atoms with Crippen LogP contribution in [0.15, 0.2) is 66.7 Å². The maximum absolute atomic E-state index is 11.4. The third kappa shape index (κ3) is 7.28. The molecule has 1 fully saturated rings. The molecule has 0 radical (unpaired) electrons. The molecule has 0 unspecified atom stereocenters. The lowest BCUT2D eigenvalue weighted by Crippen LogP contribution is -2.37. The number of hydrogen-bond donors (Lipinski definition) is 1. The van der Waals surface area contributed by atoms with Crippen molar-refractivity contribution in [1.29, 1.82) is 0 Å². The molecule has 0 amide bonds. The molecule has 32 heavy (non-hydrogen) atoms. The van der Waals surface area contributed by atoms with E-state index in [1.54, 1.807) is 11.5 Å². The average Bonchev–Trinajstić information content (AvgIpc) is 3.23. The van der Waals surface area contributed by atoms with E-state index in [1.165, 1.54) is 21.3 Å². The van der Waals surface area contributed by atoms with Gasteiger partial charge in [0, 0.05) is 37.2 Å². The number of benzene rings is 2. The van der Waals surface area contributed by atoms with E-state index in [4.69, 9.17) is 9.84 Å². The van der Waals surface area contributed by atoms with Crippen molar-refractivity contribution in [2.24, 2.45) is 0 Å². The van der Waals surface area contributed by atoms with Crippen molar-refractivity contribution in [3.8, 4) is 0 Å². The number of aryl methyl sites for hydroxylation is 1. The van der Waals surface area contributed by atoms with Crippen molar-refractivity contribution >= 4 is 33.6 Å². The standard InChI is InChI=1S/C16H19NO4.C9H9NS/c18-15(19)6-7-16(20)21-14-8-10-17(11-9-14)12-13-4-2-1-3-5-13;1-2-8-7-5-3-4-6-9(7)11-10-8/h1-7,14H,8-12H2,(H,18,19);3-6H,2H2,1H3/b7-6-;. The van der Waals surface area contributed by atoms with E-state index in [9.17, 15) is 9.59 Å². The molecule has 7 heteroatoms. The first-order valence-corrected chi connectivity index (χ1v) is 11.5. The second-order valence-electron chi connectivity index (χ2n) is 7.55. The molecule has 0 atom stereocenters. The van der Waals surface area contributed by atoms with Gasteiger partial charge in [-0.2, -0.15) is 4.37 Å². The van der Waals surface area contributed by atoms with Gasteiger partial charge < -0.3 is 9.84 Å². The third-order valence-corrected chi connectivity index (χ3v) is 6.08. The maximum Gasteiger partial charge on any atom is 0.331 e. The number of piperidine rings is 1. The number of fused-ring (bicyclic) bond motifs is 1. The Morgan fingerprint density at radius 1 is 1.09 bits per heavy atom. The second-order valence-corrected chi connectivity index (χ2v) is 8.35. The molecule has 1 saturated heterocycles. The number of rotatable bonds is 6. The Hall–Kier alpha value is -3.03. The van der Waals surface area contributed by atoms with E-state index < -0.39 is 11.9 Å². The lowest BCUT2D eigenvalue weighted by molar-refractivity contribution is -0.145. The van der Waals surface area contributed by atoms with Gasteiger partial charge in [-0.15, -0.1) is 0 Å². The number of carbonyl (C=O) groups is 2. The van der Waals surface area contributed by atoms with Crippen LogP contribution < -0.4 is 0 Å². The number of nitrogens with zero attached hydrogens (tertiary/aromatic N) is 2. The molecule has 168 valence electrons. The normalized spacial score (nSPS) is 14.8. The number of carbonyl (C=O) groups excluding carboxylic acids is 1. The molecule has 2 heterocycles. The van der Waals surface area contributed by atoms with Crippen molar-refractivity contribution in [1.82, 2.24) is 9.27 Å². The number of carboxylic acid groups (broad SMARTS) is 1. The van der Waals surface area contributed by atoms with E-state index >= 15 is 0 Å². The topological polar surface area (TPSA) is 79.7 Å². The zero-order valence-electron chi connectivity index (χ0n) is 18.1. The van der Waals surface area contributed by atoms with Crippen molar-refractivity contribution in [3.05, 3.63) is 78.0 Å². The fourth-order valence-electron chi connectivity index (χ4n) is 3.56. The number of ether oxygens (including phenoxy) is 1. The van der Waals surface area contributed by atoms with Gasteiger partial charge in [-0.1, -0.05) is 55.5 Å². The zero-order valence-corrected chi connectivity index (χ0v) is 19.0. The van der Waals surface area contributed by atoms with Crippen LogP contribution >= 0.6 is 11.5 Å².